The van der Waals surface area contributed by atoms with Crippen molar-refractivity contribution in [1.29, 1.82) is 0 Å². The molecular weight excluding hydrogens is 393 g/mol. The second-order valence-corrected chi connectivity index (χ2v) is 7.31. The van der Waals surface area contributed by atoms with Crippen LogP contribution in [0.5, 0.6) is 11.5 Å². The molecule has 3 rings (SSSR count). The smallest absolute Gasteiger partial charge is 0.240 e. The van der Waals surface area contributed by atoms with E-state index in [1.807, 2.05) is 35.5 Å². The number of hydrogen-bond donors (Lipinski definition) is 1. The summed E-state index contributed by atoms with van der Waals surface area (Å²) in [6, 6.07) is 11.8. The Morgan fingerprint density at radius 1 is 1.14 bits per heavy atom. The molecule has 0 radical (unpaired) electrons. The number of aromatic nitrogens is 1. The summed E-state index contributed by atoms with van der Waals surface area (Å²) < 4.78 is 23.6. The molecule has 0 atom stereocenters. The fourth-order valence-electron chi connectivity index (χ4n) is 2.83. The van der Waals surface area contributed by atoms with E-state index in [2.05, 4.69) is 10.3 Å². The van der Waals surface area contributed by atoms with Gasteiger partial charge in [0.15, 0.2) is 16.6 Å². The highest BCUT2D eigenvalue weighted by Crippen LogP contribution is 2.28. The topological polar surface area (TPSA) is 63.7 Å². The van der Waals surface area contributed by atoms with Crippen LogP contribution in [0.3, 0.4) is 0 Å². The molecule has 1 N–H and O–H groups in total. The van der Waals surface area contributed by atoms with Gasteiger partial charge in [0.1, 0.15) is 5.82 Å². The van der Waals surface area contributed by atoms with Gasteiger partial charge < -0.3 is 14.8 Å². The molecule has 6 nitrogen and oxygen atoms in total. The Bertz CT molecular complexity index is 976. The number of halogens is 1. The van der Waals surface area contributed by atoms with Crippen molar-refractivity contribution in [1.82, 2.24) is 9.88 Å². The molecule has 29 heavy (non-hydrogen) atoms. The minimum absolute atomic E-state index is 0.159. The number of nitrogens with one attached hydrogen (secondary N) is 1. The van der Waals surface area contributed by atoms with Crippen molar-refractivity contribution in [3.8, 4) is 22.8 Å². The Labute approximate surface area is 172 Å². The van der Waals surface area contributed by atoms with Crippen LogP contribution in [0.25, 0.3) is 11.3 Å². The number of carbonyl (C=O) groups excluding carboxylic acids is 1. The lowest BCUT2D eigenvalue weighted by molar-refractivity contribution is -0.117. The molecule has 0 bridgehead atoms. The van der Waals surface area contributed by atoms with Crippen LogP contribution in [0.4, 0.5) is 9.52 Å². The summed E-state index contributed by atoms with van der Waals surface area (Å²) in [5.41, 5.74) is 2.50. The van der Waals surface area contributed by atoms with Gasteiger partial charge in [0, 0.05) is 17.5 Å². The number of anilines is 1. The molecule has 0 saturated heterocycles. The van der Waals surface area contributed by atoms with E-state index >= 15 is 0 Å². The molecule has 0 spiro atoms. The van der Waals surface area contributed by atoms with Crippen LogP contribution in [-0.2, 0) is 11.3 Å². The van der Waals surface area contributed by atoms with Gasteiger partial charge in [0.05, 0.1) is 26.5 Å². The largest absolute Gasteiger partial charge is 0.493 e. The number of amides is 1. The number of thiazole rings is 1. The second kappa shape index (κ2) is 9.49. The molecule has 3 aromatic rings. The first kappa shape index (κ1) is 20.8. The molecule has 2 aromatic carbocycles. The summed E-state index contributed by atoms with van der Waals surface area (Å²) >= 11 is 1.33. The van der Waals surface area contributed by atoms with Crippen molar-refractivity contribution in [3.05, 3.63) is 59.2 Å². The minimum Gasteiger partial charge on any atom is -0.493 e. The predicted octanol–water partition coefficient (Wildman–Crippen LogP) is 4.04. The van der Waals surface area contributed by atoms with Crippen molar-refractivity contribution in [2.75, 3.05) is 33.1 Å². The first-order valence-corrected chi connectivity index (χ1v) is 9.77. The lowest BCUT2D eigenvalue weighted by Crippen LogP contribution is -2.29. The van der Waals surface area contributed by atoms with Crippen molar-refractivity contribution >= 4 is 22.4 Å². The van der Waals surface area contributed by atoms with Crippen LogP contribution in [0.15, 0.2) is 47.8 Å². The van der Waals surface area contributed by atoms with Crippen molar-refractivity contribution in [2.45, 2.75) is 6.54 Å². The Morgan fingerprint density at radius 2 is 1.86 bits per heavy atom. The summed E-state index contributed by atoms with van der Waals surface area (Å²) in [6.45, 7) is 0.784. The van der Waals surface area contributed by atoms with E-state index in [9.17, 15) is 9.18 Å². The summed E-state index contributed by atoms with van der Waals surface area (Å²) in [7, 11) is 5.04. The van der Waals surface area contributed by atoms with Gasteiger partial charge in [0.2, 0.25) is 5.91 Å². The van der Waals surface area contributed by atoms with Crippen molar-refractivity contribution in [2.24, 2.45) is 0 Å². The molecule has 0 aliphatic rings. The Morgan fingerprint density at radius 3 is 2.55 bits per heavy atom. The zero-order valence-electron chi connectivity index (χ0n) is 16.4. The third-order valence-electron chi connectivity index (χ3n) is 4.20. The number of nitrogens with zero attached hydrogens (tertiary/aromatic N) is 2. The van der Waals surface area contributed by atoms with Crippen LogP contribution in [-0.4, -0.2) is 43.6 Å². The molecule has 0 fully saturated rings. The molecule has 1 heterocycles. The number of likely N-dealkylation sites (N-methyl/N-ethyl adjacent to an activating group) is 1. The van der Waals surface area contributed by atoms with E-state index in [0.29, 0.717) is 28.9 Å². The lowest BCUT2D eigenvalue weighted by Gasteiger charge is -2.17. The molecule has 0 unspecified atom stereocenters. The molecule has 0 saturated carbocycles. The Kier molecular flexibility index (Phi) is 6.79. The minimum atomic E-state index is -0.296. The van der Waals surface area contributed by atoms with Crippen molar-refractivity contribution < 1.29 is 18.7 Å². The standard InChI is InChI=1S/C21H22FN3O3S/c1-25(11-14-4-9-18(27-2)19(10-14)28-3)12-20(26)24-21-23-17(13-29-21)15-5-7-16(22)8-6-15/h4-10,13H,11-12H2,1-3H3,(H,23,24,26). The van der Waals surface area contributed by atoms with E-state index in [-0.39, 0.29) is 18.3 Å². The molecule has 0 aliphatic carbocycles. The van der Waals surface area contributed by atoms with Crippen LogP contribution in [0.1, 0.15) is 5.56 Å². The van der Waals surface area contributed by atoms with Gasteiger partial charge in [-0.05, 0) is 49.0 Å². The SMILES string of the molecule is COc1ccc(CN(C)CC(=O)Nc2nc(-c3ccc(F)cc3)cs2)cc1OC. The quantitative estimate of drug-likeness (QED) is 0.602. The van der Waals surface area contributed by atoms with Crippen LogP contribution in [0.2, 0.25) is 0 Å². The normalized spacial score (nSPS) is 10.8. The highest BCUT2D eigenvalue weighted by atomic mass is 32.1. The van der Waals surface area contributed by atoms with Gasteiger partial charge >= 0.3 is 0 Å². The van der Waals surface area contributed by atoms with E-state index in [0.717, 1.165) is 11.1 Å². The number of benzene rings is 2. The lowest BCUT2D eigenvalue weighted by atomic mass is 10.2. The van der Waals surface area contributed by atoms with Gasteiger partial charge in [0.25, 0.3) is 0 Å². The molecule has 8 heteroatoms. The van der Waals surface area contributed by atoms with Gasteiger partial charge in [-0.25, -0.2) is 9.37 Å². The maximum Gasteiger partial charge on any atom is 0.240 e. The van der Waals surface area contributed by atoms with E-state index in [1.54, 1.807) is 26.4 Å². The van der Waals surface area contributed by atoms with Crippen LogP contribution in [0, 0.1) is 5.82 Å². The Hall–Kier alpha value is -2.97. The van der Waals surface area contributed by atoms with Gasteiger partial charge in [-0.2, -0.15) is 0 Å². The number of hydrogen-bond acceptors (Lipinski definition) is 6. The first-order valence-electron chi connectivity index (χ1n) is 8.89. The maximum absolute atomic E-state index is 13.0. The van der Waals surface area contributed by atoms with Crippen LogP contribution < -0.4 is 14.8 Å². The third-order valence-corrected chi connectivity index (χ3v) is 4.96. The monoisotopic (exact) mass is 415 g/mol. The zero-order valence-corrected chi connectivity index (χ0v) is 17.3. The summed E-state index contributed by atoms with van der Waals surface area (Å²) in [6.07, 6.45) is 0. The number of carbonyl (C=O) groups is 1. The Balaban J connectivity index is 1.56. The van der Waals surface area contributed by atoms with Gasteiger partial charge in [-0.1, -0.05) is 6.07 Å². The molecule has 0 aliphatic heterocycles. The fourth-order valence-corrected chi connectivity index (χ4v) is 3.57. The van der Waals surface area contributed by atoms with E-state index < -0.39 is 0 Å². The van der Waals surface area contributed by atoms with Gasteiger partial charge in [-0.15, -0.1) is 11.3 Å². The maximum atomic E-state index is 13.0. The molecule has 152 valence electrons. The summed E-state index contributed by atoms with van der Waals surface area (Å²) in [4.78, 5) is 18.6. The number of methoxy groups -OCH3 is 2. The highest BCUT2D eigenvalue weighted by Gasteiger charge is 2.12. The summed E-state index contributed by atoms with van der Waals surface area (Å²) in [5.74, 6) is 0.861. The average Bonchev–Trinajstić information content (AvgIpc) is 3.16. The number of rotatable bonds is 8. The highest BCUT2D eigenvalue weighted by molar-refractivity contribution is 7.14. The van der Waals surface area contributed by atoms with E-state index in [4.69, 9.17) is 9.47 Å². The fraction of sp³-hybridized carbons (Fsp3) is 0.238. The molecule has 1 aromatic heterocycles. The van der Waals surface area contributed by atoms with E-state index in [1.165, 1.54) is 23.5 Å². The average molecular weight is 415 g/mol. The molecule has 1 amide bonds. The zero-order chi connectivity index (χ0) is 20.8. The predicted molar refractivity (Wildman–Crippen MR) is 112 cm³/mol. The van der Waals surface area contributed by atoms with Crippen LogP contribution >= 0.6 is 11.3 Å². The first-order chi connectivity index (χ1) is 14.0. The third kappa shape index (κ3) is 5.52. The molecular formula is C21H22FN3O3S. The van der Waals surface area contributed by atoms with Crippen molar-refractivity contribution in [3.63, 3.8) is 0 Å². The second-order valence-electron chi connectivity index (χ2n) is 6.45. The van der Waals surface area contributed by atoms with Gasteiger partial charge in [-0.3, -0.25) is 9.69 Å². The number of ether oxygens (including phenoxy) is 2. The summed E-state index contributed by atoms with van der Waals surface area (Å²) in [5, 5.41) is 5.15.